The van der Waals surface area contributed by atoms with E-state index in [0.717, 1.165) is 31.6 Å². The van der Waals surface area contributed by atoms with E-state index in [-0.39, 0.29) is 16.4 Å². The monoisotopic (exact) mass is 312 g/mol. The molecule has 1 saturated heterocycles. The number of halogens is 2. The highest BCUT2D eigenvalue weighted by atomic mass is 35.5. The van der Waals surface area contributed by atoms with Crippen molar-refractivity contribution in [1.29, 1.82) is 0 Å². The lowest BCUT2D eigenvalue weighted by molar-refractivity contribution is 0.227. The number of benzene rings is 1. The van der Waals surface area contributed by atoms with Crippen molar-refractivity contribution in [3.8, 4) is 0 Å². The van der Waals surface area contributed by atoms with Crippen LogP contribution in [0.1, 0.15) is 40.5 Å². The van der Waals surface area contributed by atoms with Gasteiger partial charge in [0.2, 0.25) is 0 Å². The van der Waals surface area contributed by atoms with E-state index in [1.165, 1.54) is 6.07 Å². The molecule has 1 atom stereocenters. The summed E-state index contributed by atoms with van der Waals surface area (Å²) in [6, 6.07) is 5.47. The third kappa shape index (κ3) is 3.35. The molecule has 0 amide bonds. The molecule has 1 aromatic carbocycles. The second-order valence-electron chi connectivity index (χ2n) is 6.41. The Morgan fingerprint density at radius 2 is 2.05 bits per heavy atom. The minimum atomic E-state index is -0.353. The van der Waals surface area contributed by atoms with Crippen LogP contribution in [0.4, 0.5) is 10.1 Å². The highest BCUT2D eigenvalue weighted by Gasteiger charge is 2.38. The predicted molar refractivity (Wildman–Crippen MR) is 88.7 cm³/mol. The molecule has 1 N–H and O–H groups in total. The molecule has 0 saturated carbocycles. The molecule has 1 fully saturated rings. The summed E-state index contributed by atoms with van der Waals surface area (Å²) in [5, 5.41) is 3.94. The van der Waals surface area contributed by atoms with Crippen molar-refractivity contribution >= 4 is 17.3 Å². The molecule has 21 heavy (non-hydrogen) atoms. The molecule has 0 aromatic heterocycles. The number of hydrogen-bond acceptors (Lipinski definition) is 2. The maximum atomic E-state index is 13.4. The third-order valence-electron chi connectivity index (χ3n) is 4.92. The quantitative estimate of drug-likeness (QED) is 0.882. The van der Waals surface area contributed by atoms with E-state index >= 15 is 0 Å². The van der Waals surface area contributed by atoms with Gasteiger partial charge in [0.1, 0.15) is 5.82 Å². The van der Waals surface area contributed by atoms with Crippen molar-refractivity contribution in [2.45, 2.75) is 52.1 Å². The second kappa shape index (κ2) is 6.53. The molecule has 4 heteroatoms. The van der Waals surface area contributed by atoms with Crippen LogP contribution in [-0.2, 0) is 0 Å². The molecule has 0 spiro atoms. The van der Waals surface area contributed by atoms with Gasteiger partial charge in [-0.2, -0.15) is 0 Å². The number of piperazine rings is 1. The lowest BCUT2D eigenvalue weighted by atomic mass is 9.86. The molecule has 2 nitrogen and oxygen atoms in total. The Morgan fingerprint density at radius 3 is 2.57 bits per heavy atom. The van der Waals surface area contributed by atoms with Crippen molar-refractivity contribution < 1.29 is 4.39 Å². The molecule has 1 aromatic rings. The van der Waals surface area contributed by atoms with Gasteiger partial charge in [-0.15, -0.1) is 0 Å². The molecular formula is C17H26ClFN2. The summed E-state index contributed by atoms with van der Waals surface area (Å²) >= 11 is 5.98. The zero-order chi connectivity index (χ0) is 15.6. The molecule has 1 aliphatic rings. The maximum Gasteiger partial charge on any atom is 0.141 e. The molecule has 0 aliphatic carbocycles. The Hall–Kier alpha value is -0.800. The van der Waals surface area contributed by atoms with E-state index in [4.69, 9.17) is 11.6 Å². The van der Waals surface area contributed by atoms with Gasteiger partial charge < -0.3 is 10.2 Å². The van der Waals surface area contributed by atoms with Gasteiger partial charge in [0.15, 0.2) is 0 Å². The first-order chi connectivity index (χ1) is 9.92. The third-order valence-corrected chi connectivity index (χ3v) is 5.21. The van der Waals surface area contributed by atoms with Crippen LogP contribution >= 0.6 is 11.6 Å². The number of nitrogens with one attached hydrogen (secondary N) is 1. The van der Waals surface area contributed by atoms with Crippen LogP contribution in [0.3, 0.4) is 0 Å². The normalized spacial score (nSPS) is 21.9. The summed E-state index contributed by atoms with van der Waals surface area (Å²) in [4.78, 5) is 2.40. The number of anilines is 1. The lowest BCUT2D eigenvalue weighted by Crippen LogP contribution is -2.65. The smallest absolute Gasteiger partial charge is 0.141 e. The molecular weight excluding hydrogens is 287 g/mol. The Labute approximate surface area is 132 Å². The van der Waals surface area contributed by atoms with Crippen LogP contribution in [0.25, 0.3) is 0 Å². The molecule has 0 bridgehead atoms. The topological polar surface area (TPSA) is 15.3 Å². The van der Waals surface area contributed by atoms with Crippen LogP contribution in [0.15, 0.2) is 18.2 Å². The largest absolute Gasteiger partial charge is 0.365 e. The van der Waals surface area contributed by atoms with Crippen LogP contribution in [0.5, 0.6) is 0 Å². The van der Waals surface area contributed by atoms with Crippen LogP contribution < -0.4 is 10.2 Å². The minimum Gasteiger partial charge on any atom is -0.365 e. The molecule has 1 unspecified atom stereocenters. The first-order valence-electron chi connectivity index (χ1n) is 7.89. The predicted octanol–water partition coefficient (Wildman–Crippen LogP) is 4.47. The van der Waals surface area contributed by atoms with Crippen LogP contribution in [-0.4, -0.2) is 24.7 Å². The van der Waals surface area contributed by atoms with Crippen molar-refractivity contribution in [3.63, 3.8) is 0 Å². The van der Waals surface area contributed by atoms with Gasteiger partial charge in [-0.25, -0.2) is 4.39 Å². The zero-order valence-corrected chi connectivity index (χ0v) is 14.2. The average Bonchev–Trinajstić information content (AvgIpc) is 2.49. The minimum absolute atomic E-state index is 0.131. The van der Waals surface area contributed by atoms with Gasteiger partial charge >= 0.3 is 0 Å². The van der Waals surface area contributed by atoms with E-state index in [1.54, 1.807) is 6.07 Å². The van der Waals surface area contributed by atoms with Crippen molar-refractivity contribution in [2.75, 3.05) is 18.0 Å². The molecule has 0 radical (unpaired) electrons. The van der Waals surface area contributed by atoms with E-state index in [9.17, 15) is 4.39 Å². The summed E-state index contributed by atoms with van der Waals surface area (Å²) in [6.07, 6.45) is 2.17. The molecule has 2 rings (SSSR count). The SMILES string of the molecule is CCC1(CC)CN(c2ccc(F)c(Cl)c2)C(C(C)C)CN1. The second-order valence-corrected chi connectivity index (χ2v) is 6.81. The highest BCUT2D eigenvalue weighted by molar-refractivity contribution is 6.31. The molecule has 1 aliphatic heterocycles. The first kappa shape index (κ1) is 16.6. The van der Waals surface area contributed by atoms with Crippen molar-refractivity contribution in [1.82, 2.24) is 5.32 Å². The van der Waals surface area contributed by atoms with Crippen LogP contribution in [0.2, 0.25) is 5.02 Å². The summed E-state index contributed by atoms with van der Waals surface area (Å²) in [7, 11) is 0. The summed E-state index contributed by atoms with van der Waals surface area (Å²) in [6.45, 7) is 10.8. The summed E-state index contributed by atoms with van der Waals surface area (Å²) in [5.74, 6) is 0.168. The number of rotatable bonds is 4. The van der Waals surface area contributed by atoms with Gasteiger partial charge in [-0.05, 0) is 37.0 Å². The Morgan fingerprint density at radius 1 is 1.38 bits per heavy atom. The van der Waals surface area contributed by atoms with E-state index < -0.39 is 0 Å². The standard InChI is InChI=1S/C17H26ClFN2/c1-5-17(6-2)11-21(16(10-20-17)12(3)4)13-7-8-15(19)14(18)9-13/h7-9,12,16,20H,5-6,10-11H2,1-4H3. The van der Waals surface area contributed by atoms with Gasteiger partial charge in [0, 0.05) is 30.4 Å². The Bertz CT molecular complexity index is 486. The van der Waals surface area contributed by atoms with E-state index in [2.05, 4.69) is 37.9 Å². The van der Waals surface area contributed by atoms with E-state index in [1.807, 2.05) is 6.07 Å². The fourth-order valence-electron chi connectivity index (χ4n) is 3.20. The Balaban J connectivity index is 2.35. The van der Waals surface area contributed by atoms with E-state index in [0.29, 0.717) is 12.0 Å². The highest BCUT2D eigenvalue weighted by Crippen LogP contribution is 2.32. The molecule has 1 heterocycles. The average molecular weight is 313 g/mol. The summed E-state index contributed by atoms with van der Waals surface area (Å²) in [5.41, 5.74) is 1.15. The molecule has 118 valence electrons. The fourth-order valence-corrected chi connectivity index (χ4v) is 3.37. The van der Waals surface area contributed by atoms with Crippen molar-refractivity contribution in [2.24, 2.45) is 5.92 Å². The Kier molecular flexibility index (Phi) is 5.15. The first-order valence-corrected chi connectivity index (χ1v) is 8.27. The zero-order valence-electron chi connectivity index (χ0n) is 13.4. The van der Waals surface area contributed by atoms with Crippen LogP contribution in [0, 0.1) is 11.7 Å². The number of nitrogens with zero attached hydrogens (tertiary/aromatic N) is 1. The lowest BCUT2D eigenvalue weighted by Gasteiger charge is -2.50. The van der Waals surface area contributed by atoms with Crippen molar-refractivity contribution in [3.05, 3.63) is 29.0 Å². The fraction of sp³-hybridized carbons (Fsp3) is 0.647. The van der Waals surface area contributed by atoms with Gasteiger partial charge in [-0.1, -0.05) is 39.3 Å². The van der Waals surface area contributed by atoms with Gasteiger partial charge in [0.25, 0.3) is 0 Å². The maximum absolute atomic E-state index is 13.4. The van der Waals surface area contributed by atoms with Gasteiger partial charge in [0.05, 0.1) is 5.02 Å². The van der Waals surface area contributed by atoms with Gasteiger partial charge in [-0.3, -0.25) is 0 Å². The number of hydrogen-bond donors (Lipinski definition) is 1. The summed E-state index contributed by atoms with van der Waals surface area (Å²) < 4.78 is 13.4.